The SMILES string of the molecule is Cc1ccc(C(c2ccn3c(C(F)(F)F)nnc3c2C)C(C)(C)C(=O)O)cc1CN1CC2(CCOCC2)Oc2nc(OCCCOCCCO)ccc2S1(O)O. The average molecular weight is 808 g/mol. The number of aryl methyl sites for hydroxylation is 2. The summed E-state index contributed by atoms with van der Waals surface area (Å²) in [6, 6.07) is 10.00. The highest BCUT2D eigenvalue weighted by Gasteiger charge is 2.46. The lowest BCUT2D eigenvalue weighted by Crippen LogP contribution is -2.49. The van der Waals surface area contributed by atoms with Crippen LogP contribution < -0.4 is 9.47 Å². The number of ether oxygens (including phenoxy) is 4. The van der Waals surface area contributed by atoms with Crippen molar-refractivity contribution in [3.8, 4) is 11.8 Å². The molecule has 0 saturated carbocycles. The number of hydrogen-bond acceptors (Lipinski definition) is 12. The minimum atomic E-state index is -4.75. The Kier molecular flexibility index (Phi) is 12.2. The van der Waals surface area contributed by atoms with E-state index in [0.29, 0.717) is 81.0 Å². The van der Waals surface area contributed by atoms with Crippen LogP contribution >= 0.6 is 10.8 Å². The molecule has 14 nitrogen and oxygen atoms in total. The fourth-order valence-electron chi connectivity index (χ4n) is 7.26. The summed E-state index contributed by atoms with van der Waals surface area (Å²) in [5.74, 6) is -2.88. The van der Waals surface area contributed by atoms with Crippen molar-refractivity contribution in [3.05, 3.63) is 76.2 Å². The predicted octanol–water partition coefficient (Wildman–Crippen LogP) is 6.64. The smallest absolute Gasteiger partial charge is 0.452 e. The van der Waals surface area contributed by atoms with E-state index in [1.165, 1.54) is 12.3 Å². The molecule has 0 radical (unpaired) electrons. The van der Waals surface area contributed by atoms with Crippen molar-refractivity contribution in [2.45, 2.75) is 82.5 Å². The average Bonchev–Trinajstić information content (AvgIpc) is 3.57. The van der Waals surface area contributed by atoms with Crippen LogP contribution in [-0.4, -0.2) is 101 Å². The number of nitrogens with zero attached hydrogens (tertiary/aromatic N) is 5. The van der Waals surface area contributed by atoms with Gasteiger partial charge in [-0.25, -0.2) is 0 Å². The Morgan fingerprint density at radius 3 is 2.46 bits per heavy atom. The van der Waals surface area contributed by atoms with Gasteiger partial charge in [-0.3, -0.25) is 18.3 Å². The molecule has 1 aromatic carbocycles. The lowest BCUT2D eigenvalue weighted by atomic mass is 9.70. The van der Waals surface area contributed by atoms with Crippen molar-refractivity contribution < 1.29 is 56.2 Å². The number of carboxylic acid groups (broad SMARTS) is 1. The molecule has 1 fully saturated rings. The normalized spacial score (nSPS) is 18.2. The van der Waals surface area contributed by atoms with Crippen LogP contribution in [0, 0.1) is 19.3 Å². The number of hydrogen-bond donors (Lipinski definition) is 4. The first-order valence-corrected chi connectivity index (χ1v) is 19.9. The Hall–Kier alpha value is -4.04. The van der Waals surface area contributed by atoms with Gasteiger partial charge in [0.25, 0.3) is 0 Å². The molecule has 1 saturated heterocycles. The van der Waals surface area contributed by atoms with Crippen LogP contribution in [-0.2, 0) is 27.0 Å². The highest BCUT2D eigenvalue weighted by molar-refractivity contribution is 8.22. The van der Waals surface area contributed by atoms with Crippen LogP contribution in [0.25, 0.3) is 5.65 Å². The third-order valence-corrected chi connectivity index (χ3v) is 12.4. The maximum Gasteiger partial charge on any atom is 0.452 e. The van der Waals surface area contributed by atoms with Crippen molar-refractivity contribution in [1.82, 2.24) is 23.9 Å². The zero-order valence-electron chi connectivity index (χ0n) is 31.7. The third kappa shape index (κ3) is 8.46. The predicted molar refractivity (Wildman–Crippen MR) is 199 cm³/mol. The van der Waals surface area contributed by atoms with Crippen LogP contribution in [0.15, 0.2) is 47.5 Å². The molecule has 2 aliphatic heterocycles. The standard InChI is InChI=1S/C38H48F3N5O9S/c1-24-7-8-26(31(36(3,4)35(48)49)28-11-14-46-32(25(28)2)43-44-34(46)38(39,40)41)21-27(24)22-45-23-37(12-19-53-20-13-37)55-33-29(56(45,50)51)9-10-30(42-33)54-18-6-17-52-16-5-15-47/h7-11,14,21,31,47,50-51H,5-6,12-13,15-20,22-23H2,1-4H3,(H,48,49). The molecule has 3 aromatic heterocycles. The van der Waals surface area contributed by atoms with Crippen LogP contribution in [0.4, 0.5) is 13.2 Å². The van der Waals surface area contributed by atoms with Gasteiger partial charge in [-0.05, 0) is 74.1 Å². The molecule has 0 amide bonds. The number of aliphatic hydroxyl groups excluding tert-OH is 1. The first-order chi connectivity index (χ1) is 26.5. The van der Waals surface area contributed by atoms with Gasteiger partial charge in [-0.2, -0.15) is 22.5 Å². The highest BCUT2D eigenvalue weighted by Crippen LogP contribution is 2.59. The quantitative estimate of drug-likeness (QED) is 0.0997. The number of fused-ring (bicyclic) bond motifs is 2. The minimum Gasteiger partial charge on any atom is -0.481 e. The molecule has 1 unspecified atom stereocenters. The summed E-state index contributed by atoms with van der Waals surface area (Å²) in [5, 5.41) is 26.6. The molecule has 306 valence electrons. The number of alkyl halides is 3. The Bertz CT molecular complexity index is 2040. The Morgan fingerprint density at radius 1 is 1.04 bits per heavy atom. The Labute approximate surface area is 324 Å². The molecule has 2 aliphatic rings. The molecule has 6 rings (SSSR count). The van der Waals surface area contributed by atoms with E-state index >= 15 is 0 Å². The summed E-state index contributed by atoms with van der Waals surface area (Å²) in [6.45, 7) is 8.71. The minimum absolute atomic E-state index is 0.0271. The topological polar surface area (TPSA) is 181 Å². The van der Waals surface area contributed by atoms with Crippen molar-refractivity contribution in [2.24, 2.45) is 5.41 Å². The van der Waals surface area contributed by atoms with Crippen LogP contribution in [0.2, 0.25) is 0 Å². The van der Waals surface area contributed by atoms with E-state index in [4.69, 9.17) is 24.1 Å². The van der Waals surface area contributed by atoms with Gasteiger partial charge in [0.15, 0.2) is 5.65 Å². The van der Waals surface area contributed by atoms with Gasteiger partial charge in [0.1, 0.15) is 10.5 Å². The second-order valence-corrected chi connectivity index (χ2v) is 16.8. The number of aliphatic hydroxyl groups is 1. The monoisotopic (exact) mass is 807 g/mol. The van der Waals surface area contributed by atoms with E-state index in [1.54, 1.807) is 43.3 Å². The van der Waals surface area contributed by atoms with Crippen LogP contribution in [0.3, 0.4) is 0 Å². The molecule has 0 bridgehead atoms. The molecule has 4 aromatic rings. The first-order valence-electron chi connectivity index (χ1n) is 18.4. The summed E-state index contributed by atoms with van der Waals surface area (Å²) in [7, 11) is -3.73. The number of pyridine rings is 2. The molecule has 0 aliphatic carbocycles. The Morgan fingerprint density at radius 2 is 1.77 bits per heavy atom. The van der Waals surface area contributed by atoms with Gasteiger partial charge >= 0.3 is 12.1 Å². The van der Waals surface area contributed by atoms with Crippen LogP contribution in [0.1, 0.15) is 79.1 Å². The molecule has 18 heteroatoms. The zero-order chi connectivity index (χ0) is 40.5. The lowest BCUT2D eigenvalue weighted by molar-refractivity contribution is -0.147. The molecule has 5 heterocycles. The summed E-state index contributed by atoms with van der Waals surface area (Å²) < 4.78 is 91.2. The van der Waals surface area contributed by atoms with E-state index in [2.05, 4.69) is 15.2 Å². The third-order valence-electron chi connectivity index (χ3n) is 10.5. The van der Waals surface area contributed by atoms with Gasteiger partial charge in [-0.1, -0.05) is 18.2 Å². The second kappa shape index (κ2) is 16.4. The van der Waals surface area contributed by atoms with E-state index in [0.717, 1.165) is 9.96 Å². The van der Waals surface area contributed by atoms with Crippen LogP contribution in [0.5, 0.6) is 11.8 Å². The van der Waals surface area contributed by atoms with Crippen molar-refractivity contribution in [3.63, 3.8) is 0 Å². The van der Waals surface area contributed by atoms with Gasteiger partial charge in [-0.15, -0.1) is 21.0 Å². The van der Waals surface area contributed by atoms with Gasteiger partial charge < -0.3 is 29.2 Å². The maximum atomic E-state index is 13.7. The molecule has 4 N–H and O–H groups in total. The lowest BCUT2D eigenvalue weighted by Gasteiger charge is -2.44. The molecular weight excluding hydrogens is 760 g/mol. The van der Waals surface area contributed by atoms with E-state index in [1.807, 2.05) is 19.1 Å². The first kappa shape index (κ1) is 41.6. The van der Waals surface area contributed by atoms with Gasteiger partial charge in [0.2, 0.25) is 17.6 Å². The number of carbonyl (C=O) groups is 1. The number of aliphatic carboxylic acids is 1. The van der Waals surface area contributed by atoms with E-state index in [-0.39, 0.29) is 42.0 Å². The van der Waals surface area contributed by atoms with Gasteiger partial charge in [0.05, 0.1) is 31.8 Å². The van der Waals surface area contributed by atoms with E-state index in [9.17, 15) is 32.2 Å². The second-order valence-electron chi connectivity index (χ2n) is 14.8. The Balaban J connectivity index is 1.35. The molecule has 1 spiro atoms. The van der Waals surface area contributed by atoms with Crippen molar-refractivity contribution in [2.75, 3.05) is 46.2 Å². The fraction of sp³-hybridized carbons (Fsp3) is 0.526. The van der Waals surface area contributed by atoms with E-state index < -0.39 is 45.7 Å². The van der Waals surface area contributed by atoms with Crippen molar-refractivity contribution in [1.29, 1.82) is 0 Å². The summed E-state index contributed by atoms with van der Waals surface area (Å²) in [5.41, 5.74) is 0.449. The largest absolute Gasteiger partial charge is 0.481 e. The molecule has 56 heavy (non-hydrogen) atoms. The zero-order valence-corrected chi connectivity index (χ0v) is 32.5. The number of carboxylic acids is 1. The highest BCUT2D eigenvalue weighted by atomic mass is 32.3. The van der Waals surface area contributed by atoms with Gasteiger partial charge in [0, 0.05) is 63.8 Å². The van der Waals surface area contributed by atoms with Crippen molar-refractivity contribution >= 4 is 22.4 Å². The molecule has 1 atom stereocenters. The summed E-state index contributed by atoms with van der Waals surface area (Å²) >= 11 is 0. The number of aromatic nitrogens is 4. The number of benzene rings is 1. The summed E-state index contributed by atoms with van der Waals surface area (Å²) in [6.07, 6.45) is -1.52. The number of rotatable bonds is 14. The fourth-order valence-corrected chi connectivity index (χ4v) is 8.84. The maximum absolute atomic E-state index is 13.7. The number of halogens is 3. The summed E-state index contributed by atoms with van der Waals surface area (Å²) in [4.78, 5) is 17.5. The molecular formula is C38H48F3N5O9S.